The number of ether oxygens (including phenoxy) is 1. The summed E-state index contributed by atoms with van der Waals surface area (Å²) in [7, 11) is 0. The van der Waals surface area contributed by atoms with Gasteiger partial charge in [0.1, 0.15) is 22.8 Å². The SMILES string of the molecule is N=Cc1cc(Nc2ncnc3sc4c(c23)CCN(C(=O)N2CCOCC2)C4)cnc1N. The van der Waals surface area contributed by atoms with E-state index in [9.17, 15) is 4.79 Å². The summed E-state index contributed by atoms with van der Waals surface area (Å²) in [4.78, 5) is 31.8. The number of urea groups is 1. The van der Waals surface area contributed by atoms with Gasteiger partial charge in [-0.2, -0.15) is 0 Å². The Balaban J connectivity index is 1.43. The predicted octanol–water partition coefficient (Wildman–Crippen LogP) is 2.22. The van der Waals surface area contributed by atoms with Crippen LogP contribution in [0.3, 0.4) is 0 Å². The summed E-state index contributed by atoms with van der Waals surface area (Å²) < 4.78 is 5.36. The molecule has 0 radical (unpaired) electrons. The summed E-state index contributed by atoms with van der Waals surface area (Å²) in [5.41, 5.74) is 8.22. The fraction of sp³-hybridized carbons (Fsp3) is 0.350. The molecule has 11 heteroatoms. The van der Waals surface area contributed by atoms with Crippen molar-refractivity contribution in [2.75, 3.05) is 43.9 Å². The van der Waals surface area contributed by atoms with Gasteiger partial charge in [0.15, 0.2) is 0 Å². The van der Waals surface area contributed by atoms with Crippen LogP contribution in [0.2, 0.25) is 0 Å². The van der Waals surface area contributed by atoms with E-state index in [1.807, 2.05) is 9.80 Å². The number of hydrogen-bond donors (Lipinski definition) is 3. The van der Waals surface area contributed by atoms with Crippen LogP contribution in [0.1, 0.15) is 16.0 Å². The van der Waals surface area contributed by atoms with Crippen LogP contribution in [0, 0.1) is 5.41 Å². The average Bonchev–Trinajstić information content (AvgIpc) is 3.19. The number of nitrogens with two attached hydrogens (primary N) is 1. The molecule has 0 bridgehead atoms. The second-order valence-corrected chi connectivity index (χ2v) is 8.51. The van der Waals surface area contributed by atoms with Gasteiger partial charge in [0.2, 0.25) is 0 Å². The third-order valence-corrected chi connectivity index (χ3v) is 6.68. The van der Waals surface area contributed by atoms with E-state index in [0.29, 0.717) is 62.3 Å². The minimum atomic E-state index is 0.0722. The van der Waals surface area contributed by atoms with Crippen molar-refractivity contribution in [3.63, 3.8) is 0 Å². The van der Waals surface area contributed by atoms with Gasteiger partial charge in [-0.25, -0.2) is 19.7 Å². The van der Waals surface area contributed by atoms with Gasteiger partial charge in [0.05, 0.1) is 37.0 Å². The van der Waals surface area contributed by atoms with Crippen molar-refractivity contribution in [2.45, 2.75) is 13.0 Å². The second kappa shape index (κ2) is 8.08. The second-order valence-electron chi connectivity index (χ2n) is 7.43. The zero-order valence-corrected chi connectivity index (χ0v) is 17.6. The third kappa shape index (κ3) is 3.66. The monoisotopic (exact) mass is 438 g/mol. The number of fused-ring (bicyclic) bond motifs is 3. The van der Waals surface area contributed by atoms with Crippen molar-refractivity contribution in [3.8, 4) is 0 Å². The topological polar surface area (TPSA) is 133 Å². The van der Waals surface area contributed by atoms with Crippen LogP contribution in [0.25, 0.3) is 10.2 Å². The molecule has 10 nitrogen and oxygen atoms in total. The van der Waals surface area contributed by atoms with Gasteiger partial charge in [-0.15, -0.1) is 11.3 Å². The predicted molar refractivity (Wildman–Crippen MR) is 119 cm³/mol. The first-order valence-electron chi connectivity index (χ1n) is 10.0. The maximum absolute atomic E-state index is 12.9. The van der Waals surface area contributed by atoms with Crippen molar-refractivity contribution in [3.05, 3.63) is 34.6 Å². The number of nitrogens with zero attached hydrogens (tertiary/aromatic N) is 5. The summed E-state index contributed by atoms with van der Waals surface area (Å²) in [5, 5.41) is 11.8. The highest BCUT2D eigenvalue weighted by Gasteiger charge is 2.29. The molecule has 1 saturated heterocycles. The van der Waals surface area contributed by atoms with Gasteiger partial charge >= 0.3 is 6.03 Å². The number of carbonyl (C=O) groups is 1. The molecule has 2 amide bonds. The summed E-state index contributed by atoms with van der Waals surface area (Å²) in [6.07, 6.45) is 5.08. The molecule has 2 aliphatic heterocycles. The van der Waals surface area contributed by atoms with E-state index >= 15 is 0 Å². The molecule has 160 valence electrons. The number of nitrogen functional groups attached to an aromatic ring is 1. The minimum absolute atomic E-state index is 0.0722. The maximum Gasteiger partial charge on any atom is 0.320 e. The molecule has 5 heterocycles. The first-order valence-corrected chi connectivity index (χ1v) is 10.9. The molecule has 0 aliphatic carbocycles. The van der Waals surface area contributed by atoms with Crippen LogP contribution >= 0.6 is 11.3 Å². The molecule has 3 aromatic heterocycles. The standard InChI is InChI=1S/C20H22N8O2S/c21-8-12-7-13(9-23-17(12)22)26-18-16-14-1-2-28(20(29)27-3-5-30-6-4-27)10-15(14)31-19(16)25-11-24-18/h7-9,11,21H,1-6,10H2,(H2,22,23)(H,24,25,26). The Bertz CT molecular complexity index is 1160. The Morgan fingerprint density at radius 3 is 2.87 bits per heavy atom. The lowest BCUT2D eigenvalue weighted by Crippen LogP contribution is -2.49. The number of amides is 2. The first-order chi connectivity index (χ1) is 15.1. The van der Waals surface area contributed by atoms with Crippen molar-refractivity contribution >= 4 is 51.1 Å². The highest BCUT2D eigenvalue weighted by atomic mass is 32.1. The van der Waals surface area contributed by atoms with Crippen LogP contribution in [0.5, 0.6) is 0 Å². The zero-order valence-electron chi connectivity index (χ0n) is 16.8. The number of thiophene rings is 1. The number of rotatable bonds is 3. The minimum Gasteiger partial charge on any atom is -0.383 e. The van der Waals surface area contributed by atoms with E-state index in [1.54, 1.807) is 23.6 Å². The van der Waals surface area contributed by atoms with E-state index in [2.05, 4.69) is 20.3 Å². The van der Waals surface area contributed by atoms with Gasteiger partial charge in [0.25, 0.3) is 0 Å². The summed E-state index contributed by atoms with van der Waals surface area (Å²) in [6, 6.07) is 1.84. The molecule has 0 aromatic carbocycles. The average molecular weight is 439 g/mol. The summed E-state index contributed by atoms with van der Waals surface area (Å²) >= 11 is 1.60. The van der Waals surface area contributed by atoms with E-state index in [0.717, 1.165) is 21.5 Å². The van der Waals surface area contributed by atoms with Gasteiger partial charge in [-0.3, -0.25) is 0 Å². The number of carbonyl (C=O) groups excluding carboxylic acids is 1. The van der Waals surface area contributed by atoms with Crippen molar-refractivity contribution in [1.82, 2.24) is 24.8 Å². The molecule has 5 rings (SSSR count). The lowest BCUT2D eigenvalue weighted by atomic mass is 10.1. The highest BCUT2D eigenvalue weighted by Crippen LogP contribution is 2.38. The fourth-order valence-corrected chi connectivity index (χ4v) is 5.16. The number of nitrogens with one attached hydrogen (secondary N) is 2. The molecule has 0 spiro atoms. The van der Waals surface area contributed by atoms with E-state index < -0.39 is 0 Å². The Morgan fingerprint density at radius 2 is 2.06 bits per heavy atom. The summed E-state index contributed by atoms with van der Waals surface area (Å²) in [5.74, 6) is 1.00. The Morgan fingerprint density at radius 1 is 1.23 bits per heavy atom. The summed E-state index contributed by atoms with van der Waals surface area (Å²) in [6.45, 7) is 3.71. The van der Waals surface area contributed by atoms with E-state index in [4.69, 9.17) is 15.9 Å². The quantitative estimate of drug-likeness (QED) is 0.534. The smallest absolute Gasteiger partial charge is 0.320 e. The molecule has 31 heavy (non-hydrogen) atoms. The van der Waals surface area contributed by atoms with Crippen LogP contribution in [-0.4, -0.2) is 69.8 Å². The molecule has 0 atom stereocenters. The van der Waals surface area contributed by atoms with E-state index in [-0.39, 0.29) is 6.03 Å². The number of aromatic nitrogens is 3. The zero-order chi connectivity index (χ0) is 21.4. The van der Waals surface area contributed by atoms with Gasteiger partial charge in [-0.1, -0.05) is 0 Å². The normalized spacial score (nSPS) is 16.3. The molecule has 4 N–H and O–H groups in total. The van der Waals surface area contributed by atoms with Crippen molar-refractivity contribution < 1.29 is 9.53 Å². The van der Waals surface area contributed by atoms with Crippen LogP contribution in [0.4, 0.5) is 22.1 Å². The number of pyridine rings is 1. The highest BCUT2D eigenvalue weighted by molar-refractivity contribution is 7.19. The van der Waals surface area contributed by atoms with Crippen molar-refractivity contribution in [1.29, 1.82) is 5.41 Å². The molecule has 2 aliphatic rings. The fourth-order valence-electron chi connectivity index (χ4n) is 3.95. The van der Waals surface area contributed by atoms with Gasteiger partial charge < -0.3 is 31.0 Å². The van der Waals surface area contributed by atoms with Gasteiger partial charge in [0, 0.05) is 36.3 Å². The largest absolute Gasteiger partial charge is 0.383 e. The number of morpholine rings is 1. The van der Waals surface area contributed by atoms with E-state index in [1.165, 1.54) is 18.1 Å². The van der Waals surface area contributed by atoms with Crippen LogP contribution in [-0.2, 0) is 17.7 Å². The first kappa shape index (κ1) is 19.6. The molecule has 0 saturated carbocycles. The lowest BCUT2D eigenvalue weighted by molar-refractivity contribution is 0.0423. The van der Waals surface area contributed by atoms with Crippen molar-refractivity contribution in [2.24, 2.45) is 0 Å². The molecular weight excluding hydrogens is 416 g/mol. The molecule has 1 fully saturated rings. The van der Waals surface area contributed by atoms with Crippen LogP contribution in [0.15, 0.2) is 18.6 Å². The molecular formula is C20H22N8O2S. The Hall–Kier alpha value is -3.31. The van der Waals surface area contributed by atoms with Crippen LogP contribution < -0.4 is 11.1 Å². The maximum atomic E-state index is 12.9. The number of anilines is 3. The van der Waals surface area contributed by atoms with Gasteiger partial charge in [-0.05, 0) is 18.1 Å². The Labute approximate surface area is 182 Å². The molecule has 0 unspecified atom stereocenters. The Kier molecular flexibility index (Phi) is 5.12. The molecule has 3 aromatic rings. The lowest BCUT2D eigenvalue weighted by Gasteiger charge is -2.34. The number of hydrogen-bond acceptors (Lipinski definition) is 9. The third-order valence-electron chi connectivity index (χ3n) is 5.56.